The van der Waals surface area contributed by atoms with Crippen LogP contribution in [0.5, 0.6) is 0 Å². The fraction of sp³-hybridized carbons (Fsp3) is 0.636. The predicted molar refractivity (Wildman–Crippen MR) is 64.8 cm³/mol. The number of aromatic nitrogens is 2. The van der Waals surface area contributed by atoms with Crippen LogP contribution >= 0.6 is 11.6 Å². The largest absolute Gasteiger partial charge is 0.351 e. The van der Waals surface area contributed by atoms with E-state index in [0.717, 1.165) is 5.69 Å². The number of carbonyl (C=O) groups is 1. The second kappa shape index (κ2) is 4.87. The molecule has 0 saturated heterocycles. The van der Waals surface area contributed by atoms with Crippen LogP contribution < -0.4 is 5.32 Å². The van der Waals surface area contributed by atoms with Crippen molar-refractivity contribution in [3.05, 3.63) is 17.5 Å². The zero-order valence-electron chi connectivity index (χ0n) is 10.2. The molecule has 0 fully saturated rings. The number of aryl methyl sites for hydroxylation is 2. The number of carbonyl (C=O) groups excluding carboxylic acids is 1. The Morgan fingerprint density at radius 1 is 1.62 bits per heavy atom. The first-order chi connectivity index (χ1) is 7.35. The summed E-state index contributed by atoms with van der Waals surface area (Å²) in [5.41, 5.74) is 1.27. The van der Waals surface area contributed by atoms with Crippen molar-refractivity contribution in [2.24, 2.45) is 12.5 Å². The van der Waals surface area contributed by atoms with Crippen LogP contribution in [0.4, 0.5) is 0 Å². The van der Waals surface area contributed by atoms with Gasteiger partial charge in [-0.15, -0.1) is 11.6 Å². The molecule has 0 bridgehead atoms. The van der Waals surface area contributed by atoms with Crippen molar-refractivity contribution < 1.29 is 4.79 Å². The molecule has 1 N–H and O–H groups in total. The number of halogens is 1. The molecule has 0 aromatic carbocycles. The summed E-state index contributed by atoms with van der Waals surface area (Å²) < 4.78 is 1.64. The van der Waals surface area contributed by atoms with Crippen molar-refractivity contribution in [3.8, 4) is 0 Å². The van der Waals surface area contributed by atoms with Gasteiger partial charge in [-0.25, -0.2) is 0 Å². The quantitative estimate of drug-likeness (QED) is 0.819. The molecule has 1 aromatic rings. The minimum atomic E-state index is -0.0937. The normalized spacial score (nSPS) is 11.6. The van der Waals surface area contributed by atoms with Crippen molar-refractivity contribution in [2.75, 3.05) is 12.4 Å². The maximum absolute atomic E-state index is 11.8. The van der Waals surface area contributed by atoms with E-state index in [1.54, 1.807) is 17.9 Å². The van der Waals surface area contributed by atoms with Crippen molar-refractivity contribution in [3.63, 3.8) is 0 Å². The van der Waals surface area contributed by atoms with Gasteiger partial charge in [-0.3, -0.25) is 9.48 Å². The van der Waals surface area contributed by atoms with Gasteiger partial charge in [0.05, 0.1) is 11.3 Å². The van der Waals surface area contributed by atoms with Crippen LogP contribution in [0.15, 0.2) is 6.20 Å². The maximum atomic E-state index is 11.8. The number of nitrogens with zero attached hydrogens (tertiary/aromatic N) is 2. The highest BCUT2D eigenvalue weighted by Gasteiger charge is 2.19. The summed E-state index contributed by atoms with van der Waals surface area (Å²) in [6.45, 7) is 6.40. The smallest absolute Gasteiger partial charge is 0.254 e. The molecule has 0 aliphatic rings. The van der Waals surface area contributed by atoms with E-state index in [1.807, 2.05) is 20.8 Å². The van der Waals surface area contributed by atoms with E-state index >= 15 is 0 Å². The standard InChI is InChI=1S/C11H18ClN3O/c1-8-9(5-15(4)14-8)10(16)13-7-11(2,3)6-12/h5H,6-7H2,1-4H3,(H,13,16). The Labute approximate surface area is 101 Å². The van der Waals surface area contributed by atoms with Gasteiger partial charge in [-0.1, -0.05) is 13.8 Å². The molecule has 5 heteroatoms. The molecule has 0 unspecified atom stereocenters. The Hall–Kier alpha value is -1.03. The molecule has 0 aliphatic heterocycles. The Bertz CT molecular complexity index is 385. The van der Waals surface area contributed by atoms with E-state index in [2.05, 4.69) is 10.4 Å². The molecule has 4 nitrogen and oxygen atoms in total. The summed E-state index contributed by atoms with van der Waals surface area (Å²) in [5.74, 6) is 0.419. The third-order valence-electron chi connectivity index (χ3n) is 2.35. The Kier molecular flexibility index (Phi) is 3.97. The average Bonchev–Trinajstić information content (AvgIpc) is 2.54. The van der Waals surface area contributed by atoms with Gasteiger partial charge in [0, 0.05) is 25.7 Å². The van der Waals surface area contributed by atoms with Crippen molar-refractivity contribution in [1.82, 2.24) is 15.1 Å². The summed E-state index contributed by atoms with van der Waals surface area (Å²) in [6.07, 6.45) is 1.72. The molecule has 16 heavy (non-hydrogen) atoms. The van der Waals surface area contributed by atoms with E-state index in [1.165, 1.54) is 0 Å². The van der Waals surface area contributed by atoms with Gasteiger partial charge in [0.1, 0.15) is 0 Å². The zero-order chi connectivity index (χ0) is 12.3. The Morgan fingerprint density at radius 2 is 2.25 bits per heavy atom. The third kappa shape index (κ3) is 3.23. The number of rotatable bonds is 4. The van der Waals surface area contributed by atoms with E-state index in [0.29, 0.717) is 18.0 Å². The number of nitrogens with one attached hydrogen (secondary N) is 1. The van der Waals surface area contributed by atoms with Gasteiger partial charge in [0.2, 0.25) is 0 Å². The van der Waals surface area contributed by atoms with Crippen LogP contribution in [-0.2, 0) is 7.05 Å². The molecule has 1 rings (SSSR count). The van der Waals surface area contributed by atoms with E-state index in [-0.39, 0.29) is 11.3 Å². The summed E-state index contributed by atoms with van der Waals surface area (Å²) in [4.78, 5) is 11.8. The third-order valence-corrected chi connectivity index (χ3v) is 3.07. The summed E-state index contributed by atoms with van der Waals surface area (Å²) in [6, 6.07) is 0. The molecule has 90 valence electrons. The van der Waals surface area contributed by atoms with E-state index in [9.17, 15) is 4.79 Å². The first-order valence-electron chi connectivity index (χ1n) is 5.20. The summed E-state index contributed by atoms with van der Waals surface area (Å²) in [7, 11) is 1.80. The number of hydrogen-bond acceptors (Lipinski definition) is 2. The fourth-order valence-corrected chi connectivity index (χ4v) is 1.38. The van der Waals surface area contributed by atoms with Crippen molar-refractivity contribution in [2.45, 2.75) is 20.8 Å². The fourth-order valence-electron chi connectivity index (χ4n) is 1.28. The van der Waals surface area contributed by atoms with Crippen LogP contribution in [0.3, 0.4) is 0 Å². The first kappa shape index (κ1) is 13.0. The van der Waals surface area contributed by atoms with E-state index in [4.69, 9.17) is 11.6 Å². The molecule has 0 aliphatic carbocycles. The average molecular weight is 244 g/mol. The molecule has 0 spiro atoms. The Balaban J connectivity index is 2.63. The second-order valence-corrected chi connectivity index (χ2v) is 5.05. The first-order valence-corrected chi connectivity index (χ1v) is 5.73. The number of alkyl halides is 1. The maximum Gasteiger partial charge on any atom is 0.254 e. The van der Waals surface area contributed by atoms with Crippen LogP contribution in [-0.4, -0.2) is 28.1 Å². The highest BCUT2D eigenvalue weighted by molar-refractivity contribution is 6.18. The lowest BCUT2D eigenvalue weighted by Gasteiger charge is -2.21. The van der Waals surface area contributed by atoms with Crippen molar-refractivity contribution in [1.29, 1.82) is 0 Å². The number of amides is 1. The van der Waals surface area contributed by atoms with Crippen LogP contribution in [0.2, 0.25) is 0 Å². The topological polar surface area (TPSA) is 46.9 Å². The minimum Gasteiger partial charge on any atom is -0.351 e. The lowest BCUT2D eigenvalue weighted by Crippen LogP contribution is -2.35. The van der Waals surface area contributed by atoms with E-state index < -0.39 is 0 Å². The zero-order valence-corrected chi connectivity index (χ0v) is 10.9. The van der Waals surface area contributed by atoms with Gasteiger partial charge < -0.3 is 5.32 Å². The highest BCUT2D eigenvalue weighted by Crippen LogP contribution is 2.15. The lowest BCUT2D eigenvalue weighted by atomic mass is 9.96. The molecule has 0 atom stereocenters. The predicted octanol–water partition coefficient (Wildman–Crippen LogP) is 1.72. The molecule has 0 saturated carbocycles. The molecular weight excluding hydrogens is 226 g/mol. The van der Waals surface area contributed by atoms with Crippen LogP contribution in [0.25, 0.3) is 0 Å². The van der Waals surface area contributed by atoms with Gasteiger partial charge in [-0.05, 0) is 12.3 Å². The minimum absolute atomic E-state index is 0.0900. The Morgan fingerprint density at radius 3 is 2.69 bits per heavy atom. The number of hydrogen-bond donors (Lipinski definition) is 1. The molecule has 1 amide bonds. The SMILES string of the molecule is Cc1nn(C)cc1C(=O)NCC(C)(C)CCl. The highest BCUT2D eigenvalue weighted by atomic mass is 35.5. The summed E-state index contributed by atoms with van der Waals surface area (Å²) in [5, 5.41) is 6.99. The van der Waals surface area contributed by atoms with Gasteiger partial charge in [0.25, 0.3) is 5.91 Å². The molecule has 0 radical (unpaired) electrons. The van der Waals surface area contributed by atoms with Crippen molar-refractivity contribution >= 4 is 17.5 Å². The molecule has 1 heterocycles. The summed E-state index contributed by atoms with van der Waals surface area (Å²) >= 11 is 5.79. The molecule has 1 aromatic heterocycles. The van der Waals surface area contributed by atoms with Crippen LogP contribution in [0.1, 0.15) is 29.9 Å². The van der Waals surface area contributed by atoms with Gasteiger partial charge in [-0.2, -0.15) is 5.10 Å². The monoisotopic (exact) mass is 243 g/mol. The van der Waals surface area contributed by atoms with Gasteiger partial charge >= 0.3 is 0 Å². The second-order valence-electron chi connectivity index (χ2n) is 4.78. The molecular formula is C11H18ClN3O. The van der Waals surface area contributed by atoms with Gasteiger partial charge in [0.15, 0.2) is 0 Å². The van der Waals surface area contributed by atoms with Crippen LogP contribution in [0, 0.1) is 12.3 Å². The lowest BCUT2D eigenvalue weighted by molar-refractivity contribution is 0.0939.